The molecule has 0 radical (unpaired) electrons. The van der Waals surface area contributed by atoms with E-state index in [1.54, 1.807) is 4.90 Å². The van der Waals surface area contributed by atoms with Crippen molar-refractivity contribution in [1.29, 1.82) is 0 Å². The monoisotopic (exact) mass is 306 g/mol. The van der Waals surface area contributed by atoms with Crippen LogP contribution in [0.2, 0.25) is 0 Å². The average molecular weight is 306 g/mol. The minimum absolute atomic E-state index is 0.537. The van der Waals surface area contributed by atoms with Crippen LogP contribution in [0.15, 0.2) is 24.3 Å². The van der Waals surface area contributed by atoms with Gasteiger partial charge in [-0.15, -0.1) is 0 Å². The Balaban J connectivity index is 1.55. The Morgan fingerprint density at radius 3 is 2.64 bits per heavy atom. The van der Waals surface area contributed by atoms with E-state index >= 15 is 0 Å². The Hall–Kier alpha value is -1.06. The highest BCUT2D eigenvalue weighted by atomic mass is 16.5. The van der Waals surface area contributed by atoms with E-state index in [1.807, 2.05) is 6.07 Å². The quantitative estimate of drug-likeness (QED) is 0.746. The summed E-state index contributed by atoms with van der Waals surface area (Å²) in [5.41, 5.74) is 1.32. The molecule has 0 spiro atoms. The molecule has 1 heterocycles. The van der Waals surface area contributed by atoms with Gasteiger partial charge in [0.05, 0.1) is 26.3 Å². The highest BCUT2D eigenvalue weighted by Crippen LogP contribution is 2.19. The summed E-state index contributed by atoms with van der Waals surface area (Å²) >= 11 is 0. The van der Waals surface area contributed by atoms with E-state index in [9.17, 15) is 0 Å². The normalized spacial score (nSPS) is 22.0. The largest absolute Gasteiger partial charge is 0.491 e. The fraction of sp³-hybridized carbons (Fsp3) is 0.684. The van der Waals surface area contributed by atoms with Crippen LogP contribution in [-0.2, 0) is 4.74 Å². The van der Waals surface area contributed by atoms with E-state index in [0.29, 0.717) is 19.1 Å². The standard InChI is InChI=1S/C19H31NO2/c1-16(2)18-5-4-6-19(15-18)22-14-13-21-12-11-20-9-7-17(3)8-10-20/h4-6,15-17H,7-14H2,1-3H3/p+1. The van der Waals surface area contributed by atoms with Crippen LogP contribution in [0.1, 0.15) is 45.1 Å². The van der Waals surface area contributed by atoms with Crippen molar-refractivity contribution < 1.29 is 14.4 Å². The first kappa shape index (κ1) is 17.3. The molecule has 0 saturated carbocycles. The number of quaternary nitrogens is 1. The Morgan fingerprint density at radius 2 is 1.91 bits per heavy atom. The van der Waals surface area contributed by atoms with Crippen LogP contribution in [0.25, 0.3) is 0 Å². The Bertz CT molecular complexity index is 425. The summed E-state index contributed by atoms with van der Waals surface area (Å²) in [6.45, 7) is 12.7. The van der Waals surface area contributed by atoms with Crippen LogP contribution in [0, 0.1) is 5.92 Å². The number of nitrogens with one attached hydrogen (secondary N) is 1. The maximum atomic E-state index is 5.77. The van der Waals surface area contributed by atoms with Gasteiger partial charge in [-0.25, -0.2) is 0 Å². The average Bonchev–Trinajstić information content (AvgIpc) is 2.52. The van der Waals surface area contributed by atoms with Crippen molar-refractivity contribution in [3.8, 4) is 5.75 Å². The number of hydrogen-bond donors (Lipinski definition) is 1. The van der Waals surface area contributed by atoms with Gasteiger partial charge in [0, 0.05) is 0 Å². The van der Waals surface area contributed by atoms with Gasteiger partial charge in [-0.05, 0) is 42.4 Å². The molecule has 1 aliphatic rings. The summed E-state index contributed by atoms with van der Waals surface area (Å²) in [5.74, 6) is 2.40. The third-order valence-corrected chi connectivity index (χ3v) is 4.60. The highest BCUT2D eigenvalue weighted by Gasteiger charge is 2.18. The fourth-order valence-electron chi connectivity index (χ4n) is 2.92. The lowest BCUT2D eigenvalue weighted by molar-refractivity contribution is -0.906. The second-order valence-electron chi connectivity index (χ2n) is 6.87. The number of benzene rings is 1. The van der Waals surface area contributed by atoms with Crippen LogP contribution in [0.4, 0.5) is 0 Å². The summed E-state index contributed by atoms with van der Waals surface area (Å²) < 4.78 is 11.5. The molecule has 1 aromatic rings. The minimum atomic E-state index is 0.537. The molecule has 1 N–H and O–H groups in total. The molecule has 0 atom stereocenters. The molecule has 124 valence electrons. The summed E-state index contributed by atoms with van der Waals surface area (Å²) in [4.78, 5) is 1.70. The van der Waals surface area contributed by atoms with Crippen molar-refractivity contribution in [1.82, 2.24) is 0 Å². The van der Waals surface area contributed by atoms with Crippen molar-refractivity contribution in [3.63, 3.8) is 0 Å². The Morgan fingerprint density at radius 1 is 1.14 bits per heavy atom. The molecule has 3 heteroatoms. The fourth-order valence-corrected chi connectivity index (χ4v) is 2.92. The topological polar surface area (TPSA) is 22.9 Å². The van der Waals surface area contributed by atoms with E-state index in [2.05, 4.69) is 39.0 Å². The third kappa shape index (κ3) is 5.98. The van der Waals surface area contributed by atoms with Crippen molar-refractivity contribution in [2.45, 2.75) is 39.5 Å². The zero-order valence-corrected chi connectivity index (χ0v) is 14.4. The van der Waals surface area contributed by atoms with E-state index in [0.717, 1.165) is 24.8 Å². The lowest BCUT2D eigenvalue weighted by Gasteiger charge is -2.27. The number of likely N-dealkylation sites (tertiary alicyclic amines) is 1. The van der Waals surface area contributed by atoms with Crippen LogP contribution in [-0.4, -0.2) is 39.5 Å². The summed E-state index contributed by atoms with van der Waals surface area (Å²) in [7, 11) is 0. The van der Waals surface area contributed by atoms with Crippen molar-refractivity contribution in [2.24, 2.45) is 5.92 Å². The van der Waals surface area contributed by atoms with Gasteiger partial charge >= 0.3 is 0 Å². The molecule has 0 unspecified atom stereocenters. The molecule has 22 heavy (non-hydrogen) atoms. The second kappa shape index (κ2) is 9.16. The number of piperidine rings is 1. The summed E-state index contributed by atoms with van der Waals surface area (Å²) in [6, 6.07) is 8.36. The SMILES string of the molecule is CC1CC[NH+](CCOCCOc2cccc(C(C)C)c2)CC1. The van der Waals surface area contributed by atoms with Gasteiger partial charge in [-0.1, -0.05) is 32.9 Å². The van der Waals surface area contributed by atoms with Gasteiger partial charge in [0.25, 0.3) is 0 Å². The van der Waals surface area contributed by atoms with Crippen LogP contribution in [0.3, 0.4) is 0 Å². The van der Waals surface area contributed by atoms with E-state index in [1.165, 1.54) is 31.5 Å². The van der Waals surface area contributed by atoms with Crippen molar-refractivity contribution in [2.75, 3.05) is 39.5 Å². The maximum Gasteiger partial charge on any atom is 0.119 e. The molecular formula is C19H32NO2+. The van der Waals surface area contributed by atoms with Crippen LogP contribution >= 0.6 is 0 Å². The molecule has 1 fully saturated rings. The number of rotatable bonds is 8. The smallest absolute Gasteiger partial charge is 0.119 e. The van der Waals surface area contributed by atoms with Gasteiger partial charge in [-0.3, -0.25) is 0 Å². The van der Waals surface area contributed by atoms with Gasteiger partial charge in [-0.2, -0.15) is 0 Å². The van der Waals surface area contributed by atoms with E-state index < -0.39 is 0 Å². The third-order valence-electron chi connectivity index (χ3n) is 4.60. The second-order valence-corrected chi connectivity index (χ2v) is 6.87. The molecule has 0 aliphatic carbocycles. The molecule has 1 aromatic carbocycles. The van der Waals surface area contributed by atoms with Crippen molar-refractivity contribution >= 4 is 0 Å². The molecule has 0 bridgehead atoms. The van der Waals surface area contributed by atoms with Crippen molar-refractivity contribution in [3.05, 3.63) is 29.8 Å². The molecular weight excluding hydrogens is 274 g/mol. The first-order valence-electron chi connectivity index (χ1n) is 8.79. The summed E-state index contributed by atoms with van der Waals surface area (Å²) in [6.07, 6.45) is 2.73. The lowest BCUT2D eigenvalue weighted by atomic mass is 9.99. The molecule has 1 saturated heterocycles. The lowest BCUT2D eigenvalue weighted by Crippen LogP contribution is -3.13. The number of hydrogen-bond acceptors (Lipinski definition) is 2. The molecule has 3 nitrogen and oxygen atoms in total. The first-order valence-corrected chi connectivity index (χ1v) is 8.79. The molecule has 0 amide bonds. The van der Waals surface area contributed by atoms with Crippen LogP contribution in [0.5, 0.6) is 5.75 Å². The Kier molecular flexibility index (Phi) is 7.20. The highest BCUT2D eigenvalue weighted by molar-refractivity contribution is 5.30. The van der Waals surface area contributed by atoms with Gasteiger partial charge in [0.1, 0.15) is 18.9 Å². The molecule has 2 rings (SSSR count). The zero-order chi connectivity index (χ0) is 15.8. The Labute approximate surface area is 135 Å². The van der Waals surface area contributed by atoms with E-state index in [4.69, 9.17) is 9.47 Å². The van der Waals surface area contributed by atoms with E-state index in [-0.39, 0.29) is 0 Å². The minimum Gasteiger partial charge on any atom is -0.491 e. The van der Waals surface area contributed by atoms with Gasteiger partial charge < -0.3 is 14.4 Å². The van der Waals surface area contributed by atoms with Gasteiger partial charge in [0.2, 0.25) is 0 Å². The zero-order valence-electron chi connectivity index (χ0n) is 14.4. The predicted octanol–water partition coefficient (Wildman–Crippen LogP) is 2.52. The summed E-state index contributed by atoms with van der Waals surface area (Å²) in [5, 5.41) is 0. The van der Waals surface area contributed by atoms with Gasteiger partial charge in [0.15, 0.2) is 0 Å². The molecule has 1 aliphatic heterocycles. The predicted molar refractivity (Wildman–Crippen MR) is 90.8 cm³/mol. The maximum absolute atomic E-state index is 5.77. The first-order chi connectivity index (χ1) is 10.6. The molecule has 0 aromatic heterocycles. The number of ether oxygens (including phenoxy) is 2. The van der Waals surface area contributed by atoms with Crippen LogP contribution < -0.4 is 9.64 Å².